The Kier molecular flexibility index (Phi) is 3.76. The molecule has 0 fully saturated rings. The van der Waals surface area contributed by atoms with E-state index in [2.05, 4.69) is 15.0 Å². The van der Waals surface area contributed by atoms with Crippen LogP contribution in [0.4, 0.5) is 17.2 Å². The van der Waals surface area contributed by atoms with Crippen molar-refractivity contribution in [2.75, 3.05) is 22.6 Å². The maximum absolute atomic E-state index is 11.5. The fraction of sp³-hybridized carbons (Fsp3) is 0.214. The highest BCUT2D eigenvalue weighted by atomic mass is 32.2. The first kappa shape index (κ1) is 14.5. The quantitative estimate of drug-likeness (QED) is 0.878. The number of pyridine rings is 1. The third kappa shape index (κ3) is 3.22. The zero-order valence-corrected chi connectivity index (χ0v) is 12.7. The van der Waals surface area contributed by atoms with Crippen molar-refractivity contribution in [3.63, 3.8) is 0 Å². The summed E-state index contributed by atoms with van der Waals surface area (Å²) in [5.41, 5.74) is 1.56. The Bertz CT molecular complexity index is 775. The first-order valence-electron chi connectivity index (χ1n) is 6.69. The molecule has 2 N–H and O–H groups in total. The minimum absolute atomic E-state index is 0.00583. The Morgan fingerprint density at radius 3 is 2.64 bits per heavy atom. The predicted molar refractivity (Wildman–Crippen MR) is 83.2 cm³/mol. The van der Waals surface area contributed by atoms with Crippen LogP contribution in [0.1, 0.15) is 6.92 Å². The second-order valence-corrected chi connectivity index (χ2v) is 6.64. The minimum atomic E-state index is -3.31. The average molecular weight is 321 g/mol. The summed E-state index contributed by atoms with van der Waals surface area (Å²) < 4.78 is 35.9. The summed E-state index contributed by atoms with van der Waals surface area (Å²) >= 11 is 0. The van der Waals surface area contributed by atoms with Gasteiger partial charge in [-0.2, -0.15) is 0 Å². The molecule has 0 amide bonds. The Hall–Kier alpha value is -2.48. The molecule has 0 unspecified atom stereocenters. The number of aromatic nitrogens is 1. The molecule has 2 heterocycles. The minimum Gasteiger partial charge on any atom is -0.454 e. The monoisotopic (exact) mass is 321 g/mol. The zero-order chi connectivity index (χ0) is 15.6. The number of nitrogens with zero attached hydrogens (tertiary/aromatic N) is 1. The number of sulfonamides is 1. The van der Waals surface area contributed by atoms with Crippen molar-refractivity contribution in [3.8, 4) is 11.5 Å². The lowest BCUT2D eigenvalue weighted by atomic mass is 10.2. The molecule has 0 atom stereocenters. The molecule has 2 aromatic rings. The molecule has 22 heavy (non-hydrogen) atoms. The van der Waals surface area contributed by atoms with Gasteiger partial charge in [0.15, 0.2) is 11.5 Å². The second kappa shape index (κ2) is 5.72. The molecule has 1 aliphatic heterocycles. The number of ether oxygens (including phenoxy) is 2. The molecule has 0 bridgehead atoms. The number of rotatable bonds is 5. The van der Waals surface area contributed by atoms with E-state index in [-0.39, 0.29) is 18.4 Å². The van der Waals surface area contributed by atoms with Crippen LogP contribution < -0.4 is 19.5 Å². The number of anilines is 3. The molecule has 0 radical (unpaired) electrons. The van der Waals surface area contributed by atoms with E-state index < -0.39 is 10.0 Å². The van der Waals surface area contributed by atoms with Crippen molar-refractivity contribution < 1.29 is 17.9 Å². The van der Waals surface area contributed by atoms with Crippen LogP contribution in [0.25, 0.3) is 0 Å². The third-order valence-corrected chi connectivity index (χ3v) is 4.35. The number of hydrogen-bond donors (Lipinski definition) is 2. The van der Waals surface area contributed by atoms with Gasteiger partial charge in [-0.25, -0.2) is 13.4 Å². The molecular weight excluding hydrogens is 306 g/mol. The highest BCUT2D eigenvalue weighted by molar-refractivity contribution is 7.92. The van der Waals surface area contributed by atoms with Crippen LogP contribution in [-0.4, -0.2) is 25.9 Å². The van der Waals surface area contributed by atoms with E-state index >= 15 is 0 Å². The van der Waals surface area contributed by atoms with Crippen molar-refractivity contribution in [3.05, 3.63) is 36.5 Å². The standard InChI is InChI=1S/C14H15N3O4S/c1-2-22(18,19)17-14-6-4-11(8-15-14)16-10-3-5-12-13(7-10)21-9-20-12/h3-8,16H,2,9H2,1H3,(H,15,17). The van der Waals surface area contributed by atoms with E-state index in [0.717, 1.165) is 11.4 Å². The lowest BCUT2D eigenvalue weighted by Gasteiger charge is -2.09. The van der Waals surface area contributed by atoms with Crippen LogP contribution in [-0.2, 0) is 10.0 Å². The molecule has 1 aromatic heterocycles. The van der Waals surface area contributed by atoms with Gasteiger partial charge in [0.1, 0.15) is 5.82 Å². The van der Waals surface area contributed by atoms with Crippen LogP contribution in [0.15, 0.2) is 36.5 Å². The SMILES string of the molecule is CCS(=O)(=O)Nc1ccc(Nc2ccc3c(c2)OCO3)cn1. The van der Waals surface area contributed by atoms with E-state index in [1.54, 1.807) is 25.3 Å². The van der Waals surface area contributed by atoms with Gasteiger partial charge in [-0.1, -0.05) is 0 Å². The van der Waals surface area contributed by atoms with Crippen molar-refractivity contribution in [1.29, 1.82) is 0 Å². The Morgan fingerprint density at radius 2 is 1.91 bits per heavy atom. The van der Waals surface area contributed by atoms with E-state index in [0.29, 0.717) is 11.5 Å². The van der Waals surface area contributed by atoms with Crippen LogP contribution in [0.2, 0.25) is 0 Å². The summed E-state index contributed by atoms with van der Waals surface area (Å²) in [6, 6.07) is 8.85. The Morgan fingerprint density at radius 1 is 1.14 bits per heavy atom. The second-order valence-electron chi connectivity index (χ2n) is 4.63. The maximum atomic E-state index is 11.5. The number of fused-ring (bicyclic) bond motifs is 1. The van der Waals surface area contributed by atoms with Crippen molar-refractivity contribution in [2.24, 2.45) is 0 Å². The van der Waals surface area contributed by atoms with Gasteiger partial charge >= 0.3 is 0 Å². The molecule has 3 rings (SSSR count). The summed E-state index contributed by atoms with van der Waals surface area (Å²) in [5.74, 6) is 1.70. The predicted octanol–water partition coefficient (Wildman–Crippen LogP) is 2.32. The van der Waals surface area contributed by atoms with Gasteiger partial charge in [0.25, 0.3) is 0 Å². The van der Waals surface area contributed by atoms with E-state index in [1.165, 1.54) is 0 Å². The fourth-order valence-corrected chi connectivity index (χ4v) is 2.48. The van der Waals surface area contributed by atoms with Gasteiger partial charge in [-0.15, -0.1) is 0 Å². The molecule has 0 spiro atoms. The molecule has 1 aromatic carbocycles. The summed E-state index contributed by atoms with van der Waals surface area (Å²) in [6.07, 6.45) is 1.55. The van der Waals surface area contributed by atoms with Crippen LogP contribution in [0.3, 0.4) is 0 Å². The molecule has 0 saturated heterocycles. The smallest absolute Gasteiger partial charge is 0.233 e. The Balaban J connectivity index is 1.71. The van der Waals surface area contributed by atoms with Gasteiger partial charge < -0.3 is 14.8 Å². The van der Waals surface area contributed by atoms with Gasteiger partial charge in [-0.3, -0.25) is 4.72 Å². The third-order valence-electron chi connectivity index (χ3n) is 3.06. The number of benzene rings is 1. The van der Waals surface area contributed by atoms with E-state index in [9.17, 15) is 8.42 Å². The van der Waals surface area contributed by atoms with Crippen LogP contribution in [0, 0.1) is 0 Å². The summed E-state index contributed by atoms with van der Waals surface area (Å²) in [5, 5.41) is 3.16. The summed E-state index contributed by atoms with van der Waals surface area (Å²) in [4.78, 5) is 4.07. The molecular formula is C14H15N3O4S. The van der Waals surface area contributed by atoms with E-state index in [1.807, 2.05) is 18.2 Å². The zero-order valence-electron chi connectivity index (χ0n) is 11.9. The first-order valence-corrected chi connectivity index (χ1v) is 8.34. The van der Waals surface area contributed by atoms with Crippen molar-refractivity contribution >= 4 is 27.2 Å². The summed E-state index contributed by atoms with van der Waals surface area (Å²) in [6.45, 7) is 1.80. The van der Waals surface area contributed by atoms with Crippen molar-refractivity contribution in [1.82, 2.24) is 4.98 Å². The molecule has 116 valence electrons. The van der Waals surface area contributed by atoms with Crippen LogP contribution >= 0.6 is 0 Å². The van der Waals surface area contributed by atoms with Crippen molar-refractivity contribution in [2.45, 2.75) is 6.92 Å². The first-order chi connectivity index (χ1) is 10.6. The fourth-order valence-electron chi connectivity index (χ4n) is 1.90. The normalized spacial score (nSPS) is 13.0. The lowest BCUT2D eigenvalue weighted by molar-refractivity contribution is 0.174. The molecule has 0 saturated carbocycles. The lowest BCUT2D eigenvalue weighted by Crippen LogP contribution is -2.15. The van der Waals surface area contributed by atoms with Gasteiger partial charge in [0, 0.05) is 11.8 Å². The average Bonchev–Trinajstić information content (AvgIpc) is 2.97. The molecule has 7 nitrogen and oxygen atoms in total. The highest BCUT2D eigenvalue weighted by Gasteiger charge is 2.13. The molecule has 8 heteroatoms. The Labute approximate surface area is 128 Å². The van der Waals surface area contributed by atoms with Gasteiger partial charge in [0.05, 0.1) is 17.6 Å². The maximum Gasteiger partial charge on any atom is 0.233 e. The number of hydrogen-bond acceptors (Lipinski definition) is 6. The van der Waals surface area contributed by atoms with Crippen LogP contribution in [0.5, 0.6) is 11.5 Å². The van der Waals surface area contributed by atoms with E-state index in [4.69, 9.17) is 9.47 Å². The summed E-state index contributed by atoms with van der Waals surface area (Å²) in [7, 11) is -3.31. The number of nitrogens with one attached hydrogen (secondary N) is 2. The molecule has 0 aliphatic carbocycles. The topological polar surface area (TPSA) is 89.6 Å². The van der Waals surface area contributed by atoms with Gasteiger partial charge in [0.2, 0.25) is 16.8 Å². The van der Waals surface area contributed by atoms with Gasteiger partial charge in [-0.05, 0) is 31.2 Å². The molecule has 1 aliphatic rings. The highest BCUT2D eigenvalue weighted by Crippen LogP contribution is 2.35. The largest absolute Gasteiger partial charge is 0.454 e.